The minimum atomic E-state index is -0.254. The number of nitrogens with one attached hydrogen (secondary N) is 1. The fourth-order valence-electron chi connectivity index (χ4n) is 3.18. The van der Waals surface area contributed by atoms with E-state index in [0.717, 1.165) is 16.8 Å². The third-order valence-electron chi connectivity index (χ3n) is 4.79. The Labute approximate surface area is 178 Å². The first kappa shape index (κ1) is 20.1. The summed E-state index contributed by atoms with van der Waals surface area (Å²) in [6.07, 6.45) is 0. The standard InChI is InChI=1S/C22H21ClN2O5/c1-13-17(14(2)30-25-13)12-29-19-6-4-3-5-16(19)22(26)24-11-15-9-18(23)21-20(10-15)27-7-8-28-21/h3-6,9-10H,7-8,11-12H2,1-2H3,(H,24,26). The van der Waals surface area contributed by atoms with Gasteiger partial charge in [-0.15, -0.1) is 0 Å². The molecular weight excluding hydrogens is 408 g/mol. The lowest BCUT2D eigenvalue weighted by Crippen LogP contribution is -2.24. The van der Waals surface area contributed by atoms with E-state index in [9.17, 15) is 4.79 Å². The van der Waals surface area contributed by atoms with Gasteiger partial charge < -0.3 is 24.1 Å². The molecule has 0 radical (unpaired) electrons. The number of para-hydroxylation sites is 1. The Morgan fingerprint density at radius 1 is 1.20 bits per heavy atom. The van der Waals surface area contributed by atoms with Gasteiger partial charge in [0.15, 0.2) is 11.5 Å². The Morgan fingerprint density at radius 2 is 2.00 bits per heavy atom. The quantitative estimate of drug-likeness (QED) is 0.632. The highest BCUT2D eigenvalue weighted by molar-refractivity contribution is 6.32. The van der Waals surface area contributed by atoms with Crippen molar-refractivity contribution in [1.82, 2.24) is 10.5 Å². The van der Waals surface area contributed by atoms with E-state index < -0.39 is 0 Å². The second-order valence-electron chi connectivity index (χ2n) is 6.87. The number of fused-ring (bicyclic) bond motifs is 1. The smallest absolute Gasteiger partial charge is 0.255 e. The first-order valence-electron chi connectivity index (χ1n) is 9.52. The van der Waals surface area contributed by atoms with Gasteiger partial charge in [-0.2, -0.15) is 0 Å². The van der Waals surface area contributed by atoms with Crippen LogP contribution in [0.2, 0.25) is 5.02 Å². The van der Waals surface area contributed by atoms with E-state index in [1.54, 1.807) is 24.3 Å². The van der Waals surface area contributed by atoms with Gasteiger partial charge in [0.05, 0.1) is 21.8 Å². The van der Waals surface area contributed by atoms with E-state index >= 15 is 0 Å². The Balaban J connectivity index is 1.45. The molecule has 0 unspecified atom stereocenters. The van der Waals surface area contributed by atoms with E-state index in [1.807, 2.05) is 26.0 Å². The molecule has 0 spiro atoms. The van der Waals surface area contributed by atoms with Crippen LogP contribution in [0.4, 0.5) is 0 Å². The molecule has 0 atom stereocenters. The van der Waals surface area contributed by atoms with Gasteiger partial charge in [-0.25, -0.2) is 0 Å². The van der Waals surface area contributed by atoms with Crippen molar-refractivity contribution in [2.24, 2.45) is 0 Å². The Kier molecular flexibility index (Phi) is 5.81. The first-order chi connectivity index (χ1) is 14.5. The number of rotatable bonds is 6. The highest BCUT2D eigenvalue weighted by Crippen LogP contribution is 2.38. The Morgan fingerprint density at radius 3 is 2.80 bits per heavy atom. The zero-order valence-corrected chi connectivity index (χ0v) is 17.4. The van der Waals surface area contributed by atoms with Gasteiger partial charge in [-0.1, -0.05) is 28.9 Å². The fourth-order valence-corrected chi connectivity index (χ4v) is 3.47. The molecule has 0 saturated heterocycles. The average Bonchev–Trinajstić information content (AvgIpc) is 3.08. The molecule has 1 aromatic heterocycles. The number of hydrogen-bond donors (Lipinski definition) is 1. The minimum Gasteiger partial charge on any atom is -0.488 e. The predicted molar refractivity (Wildman–Crippen MR) is 110 cm³/mol. The van der Waals surface area contributed by atoms with E-state index in [1.165, 1.54) is 0 Å². The molecule has 0 fully saturated rings. The van der Waals surface area contributed by atoms with Crippen molar-refractivity contribution in [2.45, 2.75) is 27.0 Å². The molecule has 1 amide bonds. The van der Waals surface area contributed by atoms with Crippen LogP contribution in [0.15, 0.2) is 40.9 Å². The van der Waals surface area contributed by atoms with E-state index in [-0.39, 0.29) is 19.1 Å². The summed E-state index contributed by atoms with van der Waals surface area (Å²) < 4.78 is 22.2. The molecule has 7 nitrogen and oxygen atoms in total. The van der Waals surface area contributed by atoms with Crippen LogP contribution < -0.4 is 19.5 Å². The van der Waals surface area contributed by atoms with Crippen molar-refractivity contribution in [1.29, 1.82) is 0 Å². The van der Waals surface area contributed by atoms with Gasteiger partial charge in [-0.05, 0) is 43.7 Å². The van der Waals surface area contributed by atoms with Crippen molar-refractivity contribution in [3.8, 4) is 17.2 Å². The molecule has 8 heteroatoms. The normalized spacial score (nSPS) is 12.5. The molecule has 3 aromatic rings. The molecular formula is C22H21ClN2O5. The van der Waals surface area contributed by atoms with Gasteiger partial charge >= 0.3 is 0 Å². The highest BCUT2D eigenvalue weighted by atomic mass is 35.5. The van der Waals surface area contributed by atoms with Crippen LogP contribution in [-0.2, 0) is 13.2 Å². The number of amides is 1. The molecule has 156 valence electrons. The maximum absolute atomic E-state index is 12.8. The molecule has 30 heavy (non-hydrogen) atoms. The number of nitrogens with zero attached hydrogens (tertiary/aromatic N) is 1. The summed E-state index contributed by atoms with van der Waals surface area (Å²) in [6.45, 7) is 5.17. The van der Waals surface area contributed by atoms with Gasteiger partial charge in [0.2, 0.25) is 0 Å². The third-order valence-corrected chi connectivity index (χ3v) is 5.08. The molecule has 1 aliphatic rings. The number of halogens is 1. The molecule has 4 rings (SSSR count). The SMILES string of the molecule is Cc1noc(C)c1COc1ccccc1C(=O)NCc1cc(Cl)c2c(c1)OCCO2. The summed E-state index contributed by atoms with van der Waals surface area (Å²) >= 11 is 6.27. The van der Waals surface area contributed by atoms with Crippen LogP contribution in [0.5, 0.6) is 17.2 Å². The molecule has 1 aliphatic heterocycles. The predicted octanol–water partition coefficient (Wildman–Crippen LogP) is 4.23. The van der Waals surface area contributed by atoms with Crippen molar-refractivity contribution >= 4 is 17.5 Å². The van der Waals surface area contributed by atoms with Crippen LogP contribution in [-0.4, -0.2) is 24.3 Å². The maximum atomic E-state index is 12.8. The van der Waals surface area contributed by atoms with E-state index in [4.69, 9.17) is 30.3 Å². The van der Waals surface area contributed by atoms with Crippen LogP contribution in [0.1, 0.15) is 32.9 Å². The van der Waals surface area contributed by atoms with E-state index in [0.29, 0.717) is 46.8 Å². The van der Waals surface area contributed by atoms with Gasteiger partial charge in [0.25, 0.3) is 5.91 Å². The lowest BCUT2D eigenvalue weighted by molar-refractivity contribution is 0.0946. The average molecular weight is 429 g/mol. The van der Waals surface area contributed by atoms with Crippen LogP contribution in [0, 0.1) is 13.8 Å². The molecule has 0 bridgehead atoms. The number of carbonyl (C=O) groups excluding carboxylic acids is 1. The summed E-state index contributed by atoms with van der Waals surface area (Å²) in [5, 5.41) is 7.28. The monoisotopic (exact) mass is 428 g/mol. The highest BCUT2D eigenvalue weighted by Gasteiger charge is 2.18. The number of benzene rings is 2. The number of aromatic nitrogens is 1. The van der Waals surface area contributed by atoms with Crippen LogP contribution in [0.3, 0.4) is 0 Å². The number of hydrogen-bond acceptors (Lipinski definition) is 6. The zero-order valence-electron chi connectivity index (χ0n) is 16.7. The molecule has 2 heterocycles. The van der Waals surface area contributed by atoms with Crippen LogP contribution >= 0.6 is 11.6 Å². The fraction of sp³-hybridized carbons (Fsp3) is 0.273. The largest absolute Gasteiger partial charge is 0.488 e. The maximum Gasteiger partial charge on any atom is 0.255 e. The lowest BCUT2D eigenvalue weighted by atomic mass is 10.1. The third kappa shape index (κ3) is 4.21. The number of aryl methyl sites for hydroxylation is 2. The lowest BCUT2D eigenvalue weighted by Gasteiger charge is -2.20. The van der Waals surface area contributed by atoms with Crippen molar-refractivity contribution in [3.63, 3.8) is 0 Å². The van der Waals surface area contributed by atoms with Crippen molar-refractivity contribution in [3.05, 3.63) is 69.6 Å². The topological polar surface area (TPSA) is 82.8 Å². The zero-order chi connectivity index (χ0) is 21.1. The van der Waals surface area contributed by atoms with Crippen molar-refractivity contribution < 1.29 is 23.5 Å². The Hall–Kier alpha value is -3.19. The second kappa shape index (κ2) is 8.67. The van der Waals surface area contributed by atoms with E-state index in [2.05, 4.69) is 10.5 Å². The number of carbonyl (C=O) groups is 1. The summed E-state index contributed by atoms with van der Waals surface area (Å²) in [6, 6.07) is 10.7. The van der Waals surface area contributed by atoms with Crippen LogP contribution in [0.25, 0.3) is 0 Å². The molecule has 1 N–H and O–H groups in total. The molecule has 2 aromatic carbocycles. The first-order valence-corrected chi connectivity index (χ1v) is 9.90. The number of ether oxygens (including phenoxy) is 3. The van der Waals surface area contributed by atoms with Gasteiger partial charge in [0, 0.05) is 6.54 Å². The summed E-state index contributed by atoms with van der Waals surface area (Å²) in [4.78, 5) is 12.8. The summed E-state index contributed by atoms with van der Waals surface area (Å²) in [7, 11) is 0. The Bertz CT molecular complexity index is 1060. The van der Waals surface area contributed by atoms with Crippen molar-refractivity contribution in [2.75, 3.05) is 13.2 Å². The summed E-state index contributed by atoms with van der Waals surface area (Å²) in [5.41, 5.74) is 2.89. The molecule has 0 aliphatic carbocycles. The summed E-state index contributed by atoms with van der Waals surface area (Å²) in [5.74, 6) is 2.05. The molecule has 0 saturated carbocycles. The second-order valence-corrected chi connectivity index (χ2v) is 7.28. The van der Waals surface area contributed by atoms with Gasteiger partial charge in [-0.3, -0.25) is 4.79 Å². The minimum absolute atomic E-state index is 0.254. The van der Waals surface area contributed by atoms with Gasteiger partial charge in [0.1, 0.15) is 31.3 Å².